The van der Waals surface area contributed by atoms with Crippen molar-refractivity contribution in [3.05, 3.63) is 64.6 Å². The predicted molar refractivity (Wildman–Crippen MR) is 114 cm³/mol. The summed E-state index contributed by atoms with van der Waals surface area (Å²) >= 11 is 1.00. The van der Waals surface area contributed by atoms with E-state index in [0.29, 0.717) is 12.2 Å². The first kappa shape index (κ1) is 22.9. The number of carbonyl (C=O) groups is 3. The molecule has 2 rings (SSSR count). The highest BCUT2D eigenvalue weighted by Gasteiger charge is 2.15. The number of para-hydroxylation sites is 1. The Bertz CT molecular complexity index is 989. The van der Waals surface area contributed by atoms with Crippen molar-refractivity contribution in [3.8, 4) is 0 Å². The molecule has 2 amide bonds. The molecular formula is C20H22N4O5S. The van der Waals surface area contributed by atoms with Crippen molar-refractivity contribution in [2.45, 2.75) is 18.5 Å². The quantitative estimate of drug-likeness (QED) is 0.225. The Kier molecular flexibility index (Phi) is 8.82. The van der Waals surface area contributed by atoms with E-state index in [9.17, 15) is 19.2 Å². The van der Waals surface area contributed by atoms with Crippen LogP contribution in [0.25, 0.3) is 0 Å². The number of hydrogen-bond donors (Lipinski definition) is 3. The summed E-state index contributed by atoms with van der Waals surface area (Å²) < 4.78 is 4.98. The number of esters is 1. The Morgan fingerprint density at radius 2 is 2.03 bits per heavy atom. The van der Waals surface area contributed by atoms with Gasteiger partial charge < -0.3 is 20.4 Å². The number of aromatic nitrogens is 2. The van der Waals surface area contributed by atoms with Crippen LogP contribution in [0.1, 0.15) is 23.0 Å². The molecule has 0 saturated heterocycles. The van der Waals surface area contributed by atoms with Gasteiger partial charge in [-0.3, -0.25) is 14.4 Å². The fourth-order valence-electron chi connectivity index (χ4n) is 2.35. The maximum absolute atomic E-state index is 12.3. The molecule has 9 nitrogen and oxygen atoms in total. The Morgan fingerprint density at radius 1 is 1.27 bits per heavy atom. The molecule has 30 heavy (non-hydrogen) atoms. The highest BCUT2D eigenvalue weighted by molar-refractivity contribution is 7.99. The first-order chi connectivity index (χ1) is 14.4. The Hall–Kier alpha value is -3.40. The molecule has 0 fully saturated rings. The van der Waals surface area contributed by atoms with Crippen LogP contribution in [-0.2, 0) is 20.7 Å². The first-order valence-electron chi connectivity index (χ1n) is 9.09. The molecule has 0 aliphatic carbocycles. The van der Waals surface area contributed by atoms with E-state index in [1.165, 1.54) is 6.07 Å². The minimum atomic E-state index is -0.533. The average molecular weight is 430 g/mol. The topological polar surface area (TPSA) is 130 Å². The van der Waals surface area contributed by atoms with Crippen LogP contribution in [-0.4, -0.2) is 46.7 Å². The number of carbonyl (C=O) groups excluding carboxylic acids is 3. The lowest BCUT2D eigenvalue weighted by Crippen LogP contribution is -2.26. The van der Waals surface area contributed by atoms with Crippen molar-refractivity contribution < 1.29 is 19.1 Å². The third-order valence-corrected chi connectivity index (χ3v) is 4.47. The van der Waals surface area contributed by atoms with Crippen LogP contribution in [0.3, 0.4) is 0 Å². The molecule has 0 atom stereocenters. The summed E-state index contributed by atoms with van der Waals surface area (Å²) in [5, 5.41) is 5.46. The Labute approximate surface area is 177 Å². The molecule has 1 aromatic carbocycles. The van der Waals surface area contributed by atoms with Crippen LogP contribution in [0.2, 0.25) is 0 Å². The fraction of sp³-hybridized carbons (Fsp3) is 0.250. The summed E-state index contributed by atoms with van der Waals surface area (Å²) in [6.45, 7) is 5.74. The number of H-pyrrole nitrogens is 1. The van der Waals surface area contributed by atoms with Gasteiger partial charge in [0.15, 0.2) is 5.16 Å². The minimum absolute atomic E-state index is 0.0633. The molecule has 0 unspecified atom stereocenters. The number of hydrogen-bond acceptors (Lipinski definition) is 7. The van der Waals surface area contributed by atoms with Gasteiger partial charge in [0.2, 0.25) is 11.8 Å². The van der Waals surface area contributed by atoms with Crippen LogP contribution in [0, 0.1) is 0 Å². The van der Waals surface area contributed by atoms with Gasteiger partial charge in [-0.1, -0.05) is 30.0 Å². The van der Waals surface area contributed by atoms with Crippen molar-refractivity contribution in [1.29, 1.82) is 0 Å². The van der Waals surface area contributed by atoms with Crippen molar-refractivity contribution >= 4 is 35.2 Å². The third-order valence-electron chi connectivity index (χ3n) is 3.59. The minimum Gasteiger partial charge on any atom is -0.462 e. The molecule has 158 valence electrons. The molecule has 1 aromatic heterocycles. The zero-order valence-corrected chi connectivity index (χ0v) is 17.2. The standard InChI is InChI=1S/C20H22N4O5S/c1-3-9-21-16(25)10-13-11-17(26)24-20(22-13)30-12-18(27)23-15-8-6-5-7-14(15)19(28)29-4-2/h3,5-8,11H,1,4,9-10,12H2,2H3,(H,21,25)(H,23,27)(H,22,24,26). The summed E-state index contributed by atoms with van der Waals surface area (Å²) in [4.78, 5) is 54.6. The van der Waals surface area contributed by atoms with E-state index in [1.807, 2.05) is 0 Å². The zero-order valence-electron chi connectivity index (χ0n) is 16.4. The maximum atomic E-state index is 12.3. The largest absolute Gasteiger partial charge is 0.462 e. The van der Waals surface area contributed by atoms with Crippen LogP contribution in [0.5, 0.6) is 0 Å². The van der Waals surface area contributed by atoms with E-state index >= 15 is 0 Å². The van der Waals surface area contributed by atoms with Gasteiger partial charge in [0, 0.05) is 12.6 Å². The summed E-state index contributed by atoms with van der Waals surface area (Å²) in [5.74, 6) is -1.29. The smallest absolute Gasteiger partial charge is 0.340 e. The highest BCUT2D eigenvalue weighted by Crippen LogP contribution is 2.18. The zero-order chi connectivity index (χ0) is 21.9. The van der Waals surface area contributed by atoms with E-state index in [-0.39, 0.29) is 41.1 Å². The van der Waals surface area contributed by atoms with Crippen molar-refractivity contribution in [1.82, 2.24) is 15.3 Å². The molecule has 0 saturated carbocycles. The molecule has 2 aromatic rings. The highest BCUT2D eigenvalue weighted by atomic mass is 32.2. The van der Waals surface area contributed by atoms with E-state index in [2.05, 4.69) is 27.2 Å². The van der Waals surface area contributed by atoms with E-state index in [4.69, 9.17) is 4.74 Å². The van der Waals surface area contributed by atoms with Gasteiger partial charge in [-0.2, -0.15) is 0 Å². The van der Waals surface area contributed by atoms with Gasteiger partial charge in [0.1, 0.15) is 0 Å². The lowest BCUT2D eigenvalue weighted by atomic mass is 10.2. The number of amides is 2. The molecular weight excluding hydrogens is 408 g/mol. The summed E-state index contributed by atoms with van der Waals surface area (Å²) in [5.41, 5.74) is 0.440. The number of benzene rings is 1. The average Bonchev–Trinajstić information content (AvgIpc) is 2.71. The van der Waals surface area contributed by atoms with Gasteiger partial charge in [-0.05, 0) is 19.1 Å². The Morgan fingerprint density at radius 3 is 2.77 bits per heavy atom. The summed E-state index contributed by atoms with van der Waals surface area (Å²) in [7, 11) is 0. The number of nitrogens with zero attached hydrogens (tertiary/aromatic N) is 1. The second kappa shape index (κ2) is 11.6. The van der Waals surface area contributed by atoms with E-state index in [1.54, 1.807) is 37.3 Å². The normalized spacial score (nSPS) is 10.2. The van der Waals surface area contributed by atoms with Gasteiger partial charge in [0.05, 0.1) is 35.7 Å². The fourth-order valence-corrected chi connectivity index (χ4v) is 3.05. The van der Waals surface area contributed by atoms with Crippen LogP contribution in [0.15, 0.2) is 52.9 Å². The lowest BCUT2D eigenvalue weighted by molar-refractivity contribution is -0.120. The maximum Gasteiger partial charge on any atom is 0.340 e. The van der Waals surface area contributed by atoms with Crippen LogP contribution >= 0.6 is 11.8 Å². The lowest BCUT2D eigenvalue weighted by Gasteiger charge is -2.10. The summed E-state index contributed by atoms with van der Waals surface area (Å²) in [6.07, 6.45) is 1.48. The number of rotatable bonds is 10. The molecule has 10 heteroatoms. The second-order valence-electron chi connectivity index (χ2n) is 5.91. The van der Waals surface area contributed by atoms with Crippen LogP contribution in [0.4, 0.5) is 5.69 Å². The molecule has 0 aliphatic rings. The van der Waals surface area contributed by atoms with Gasteiger partial charge in [-0.15, -0.1) is 6.58 Å². The first-order valence-corrected chi connectivity index (χ1v) is 10.1. The monoisotopic (exact) mass is 430 g/mol. The van der Waals surface area contributed by atoms with E-state index < -0.39 is 17.4 Å². The van der Waals surface area contributed by atoms with E-state index in [0.717, 1.165) is 11.8 Å². The molecule has 0 radical (unpaired) electrons. The predicted octanol–water partition coefficient (Wildman–Crippen LogP) is 1.52. The molecule has 3 N–H and O–H groups in total. The van der Waals surface area contributed by atoms with Crippen molar-refractivity contribution in [3.63, 3.8) is 0 Å². The number of aromatic amines is 1. The third kappa shape index (κ3) is 7.21. The molecule has 1 heterocycles. The Balaban J connectivity index is 2.00. The molecule has 0 bridgehead atoms. The van der Waals surface area contributed by atoms with Crippen molar-refractivity contribution in [2.24, 2.45) is 0 Å². The number of nitrogens with one attached hydrogen (secondary N) is 3. The van der Waals surface area contributed by atoms with Gasteiger partial charge >= 0.3 is 5.97 Å². The molecule has 0 aliphatic heterocycles. The number of anilines is 1. The summed E-state index contributed by atoms with van der Waals surface area (Å²) in [6, 6.07) is 7.73. The van der Waals surface area contributed by atoms with Gasteiger partial charge in [-0.25, -0.2) is 9.78 Å². The number of thioether (sulfide) groups is 1. The SMILES string of the molecule is C=CCNC(=O)Cc1cc(=O)[nH]c(SCC(=O)Nc2ccccc2C(=O)OCC)n1. The van der Waals surface area contributed by atoms with Crippen molar-refractivity contribution in [2.75, 3.05) is 24.2 Å². The number of ether oxygens (including phenoxy) is 1. The van der Waals surface area contributed by atoms with Crippen LogP contribution < -0.4 is 16.2 Å². The van der Waals surface area contributed by atoms with Gasteiger partial charge in [0.25, 0.3) is 5.56 Å². The second-order valence-corrected chi connectivity index (χ2v) is 6.88. The molecule has 0 spiro atoms.